The lowest BCUT2D eigenvalue weighted by atomic mass is 9.94. The molecule has 0 saturated carbocycles. The van der Waals surface area contributed by atoms with E-state index in [1.165, 1.54) is 0 Å². The summed E-state index contributed by atoms with van der Waals surface area (Å²) < 4.78 is 5.94. The van der Waals surface area contributed by atoms with Crippen LogP contribution in [0.4, 0.5) is 0 Å². The summed E-state index contributed by atoms with van der Waals surface area (Å²) in [6.45, 7) is 14.7. The Morgan fingerprint density at radius 2 is 1.87 bits per heavy atom. The number of Topliss-reactive ketones (excluding diaryl/α,β-unsaturated/α-hetero) is 1. The minimum atomic E-state index is 0.134. The Balaban J connectivity index is 2.23. The van der Waals surface area contributed by atoms with Crippen molar-refractivity contribution < 1.29 is 9.53 Å². The Labute approximate surface area is 140 Å². The summed E-state index contributed by atoms with van der Waals surface area (Å²) in [6, 6.07) is 4.07. The Morgan fingerprint density at radius 1 is 1.22 bits per heavy atom. The van der Waals surface area contributed by atoms with Gasteiger partial charge < -0.3 is 10.1 Å². The molecule has 4 heteroatoms. The van der Waals surface area contributed by atoms with Crippen LogP contribution in [-0.4, -0.2) is 49.5 Å². The van der Waals surface area contributed by atoms with Crippen molar-refractivity contribution in [1.82, 2.24) is 10.2 Å². The Kier molecular flexibility index (Phi) is 6.19. The van der Waals surface area contributed by atoms with Crippen LogP contribution in [0, 0.1) is 6.92 Å². The number of carbonyl (C=O) groups excluding carboxylic acids is 1. The zero-order valence-electron chi connectivity index (χ0n) is 15.1. The first-order chi connectivity index (χ1) is 10.9. The predicted octanol–water partition coefficient (Wildman–Crippen LogP) is 2.99. The van der Waals surface area contributed by atoms with E-state index in [9.17, 15) is 4.79 Å². The molecule has 1 heterocycles. The Morgan fingerprint density at radius 3 is 2.43 bits per heavy atom. The van der Waals surface area contributed by atoms with Crippen molar-refractivity contribution in [3.05, 3.63) is 28.8 Å². The largest absolute Gasteiger partial charge is 0.491 e. The number of benzene rings is 1. The van der Waals surface area contributed by atoms with E-state index in [0.717, 1.165) is 48.6 Å². The average Bonchev–Trinajstić information content (AvgIpc) is 2.47. The standard InChI is InChI=1S/C19H30N2O2/c1-13(2)16-11-17(15(5)10-19(16)23-14(3)4)18(22)12-21-8-6-20-7-9-21/h10-11,13-14,20H,6-9,12H2,1-5H3. The lowest BCUT2D eigenvalue weighted by Crippen LogP contribution is -2.45. The van der Waals surface area contributed by atoms with E-state index < -0.39 is 0 Å². The van der Waals surface area contributed by atoms with Crippen LogP contribution in [0.2, 0.25) is 0 Å². The topological polar surface area (TPSA) is 41.6 Å². The first-order valence-electron chi connectivity index (χ1n) is 8.66. The van der Waals surface area contributed by atoms with Crippen molar-refractivity contribution in [3.8, 4) is 5.75 Å². The summed E-state index contributed by atoms with van der Waals surface area (Å²) in [5.74, 6) is 1.45. The molecular formula is C19H30N2O2. The maximum Gasteiger partial charge on any atom is 0.177 e. The normalized spacial score (nSPS) is 16.1. The number of ketones is 1. The van der Waals surface area contributed by atoms with E-state index >= 15 is 0 Å². The van der Waals surface area contributed by atoms with Gasteiger partial charge in [-0.15, -0.1) is 0 Å². The van der Waals surface area contributed by atoms with E-state index in [0.29, 0.717) is 12.5 Å². The molecule has 2 rings (SSSR count). The van der Waals surface area contributed by atoms with Crippen molar-refractivity contribution in [2.75, 3.05) is 32.7 Å². The van der Waals surface area contributed by atoms with Gasteiger partial charge in [0.2, 0.25) is 0 Å². The summed E-state index contributed by atoms with van der Waals surface area (Å²) in [5, 5.41) is 3.32. The van der Waals surface area contributed by atoms with Crippen molar-refractivity contribution in [3.63, 3.8) is 0 Å². The van der Waals surface area contributed by atoms with Gasteiger partial charge in [0.25, 0.3) is 0 Å². The number of rotatable bonds is 6. The van der Waals surface area contributed by atoms with E-state index in [-0.39, 0.29) is 11.9 Å². The molecule has 1 fully saturated rings. The van der Waals surface area contributed by atoms with Crippen molar-refractivity contribution in [2.45, 2.75) is 46.6 Å². The number of aryl methyl sites for hydroxylation is 1. The third-order valence-corrected chi connectivity index (χ3v) is 4.22. The molecule has 0 atom stereocenters. The molecule has 0 spiro atoms. The van der Waals surface area contributed by atoms with Gasteiger partial charge in [-0.2, -0.15) is 0 Å². The molecule has 1 N–H and O–H groups in total. The lowest BCUT2D eigenvalue weighted by molar-refractivity contribution is 0.0920. The van der Waals surface area contributed by atoms with Gasteiger partial charge in [0, 0.05) is 31.7 Å². The van der Waals surface area contributed by atoms with Gasteiger partial charge in [-0.3, -0.25) is 9.69 Å². The maximum absolute atomic E-state index is 12.7. The molecule has 1 aliphatic rings. The number of piperazine rings is 1. The van der Waals surface area contributed by atoms with Gasteiger partial charge in [0.05, 0.1) is 12.6 Å². The summed E-state index contributed by atoms with van der Waals surface area (Å²) in [4.78, 5) is 15.0. The first-order valence-corrected chi connectivity index (χ1v) is 8.66. The number of ether oxygens (including phenoxy) is 1. The molecule has 0 aliphatic carbocycles. The number of hydrogen-bond acceptors (Lipinski definition) is 4. The fourth-order valence-corrected chi connectivity index (χ4v) is 2.96. The van der Waals surface area contributed by atoms with Crippen molar-refractivity contribution in [1.29, 1.82) is 0 Å². The minimum absolute atomic E-state index is 0.134. The average molecular weight is 318 g/mol. The lowest BCUT2D eigenvalue weighted by Gasteiger charge is -2.27. The van der Waals surface area contributed by atoms with Crippen molar-refractivity contribution >= 4 is 5.78 Å². The molecule has 1 saturated heterocycles. The van der Waals surface area contributed by atoms with Crippen LogP contribution < -0.4 is 10.1 Å². The third-order valence-electron chi connectivity index (χ3n) is 4.22. The molecule has 0 amide bonds. The zero-order chi connectivity index (χ0) is 17.0. The van der Waals surface area contributed by atoms with E-state index in [4.69, 9.17) is 4.74 Å². The molecule has 0 bridgehead atoms. The molecule has 1 aromatic carbocycles. The Hall–Kier alpha value is -1.39. The zero-order valence-corrected chi connectivity index (χ0v) is 15.1. The fraction of sp³-hybridized carbons (Fsp3) is 0.632. The summed E-state index contributed by atoms with van der Waals surface area (Å²) in [7, 11) is 0. The van der Waals surface area contributed by atoms with Gasteiger partial charge in [-0.1, -0.05) is 13.8 Å². The number of hydrogen-bond donors (Lipinski definition) is 1. The van der Waals surface area contributed by atoms with E-state index in [2.05, 4.69) is 24.1 Å². The van der Waals surface area contributed by atoms with E-state index in [1.54, 1.807) is 0 Å². The Bertz CT molecular complexity index is 547. The van der Waals surface area contributed by atoms with Crippen LogP contribution in [0.25, 0.3) is 0 Å². The van der Waals surface area contributed by atoms with Gasteiger partial charge in [-0.25, -0.2) is 0 Å². The molecule has 0 unspecified atom stereocenters. The number of nitrogens with zero attached hydrogens (tertiary/aromatic N) is 1. The number of nitrogens with one attached hydrogen (secondary N) is 1. The second kappa shape index (κ2) is 7.93. The van der Waals surface area contributed by atoms with Crippen LogP contribution in [-0.2, 0) is 0 Å². The summed E-state index contributed by atoms with van der Waals surface area (Å²) >= 11 is 0. The summed E-state index contributed by atoms with van der Waals surface area (Å²) in [5.41, 5.74) is 2.96. The highest BCUT2D eigenvalue weighted by atomic mass is 16.5. The highest BCUT2D eigenvalue weighted by Crippen LogP contribution is 2.31. The van der Waals surface area contributed by atoms with Gasteiger partial charge in [0.15, 0.2) is 5.78 Å². The first kappa shape index (κ1) is 18.0. The third kappa shape index (κ3) is 4.79. The molecule has 0 aromatic heterocycles. The second-order valence-electron chi connectivity index (χ2n) is 6.98. The van der Waals surface area contributed by atoms with Crippen molar-refractivity contribution in [2.24, 2.45) is 0 Å². The van der Waals surface area contributed by atoms with Crippen LogP contribution in [0.15, 0.2) is 12.1 Å². The van der Waals surface area contributed by atoms with Crippen LogP contribution in [0.5, 0.6) is 5.75 Å². The fourth-order valence-electron chi connectivity index (χ4n) is 2.96. The smallest absolute Gasteiger partial charge is 0.177 e. The highest BCUT2D eigenvalue weighted by molar-refractivity contribution is 5.99. The molecular weight excluding hydrogens is 288 g/mol. The van der Waals surface area contributed by atoms with Crippen LogP contribution in [0.3, 0.4) is 0 Å². The molecule has 23 heavy (non-hydrogen) atoms. The molecule has 4 nitrogen and oxygen atoms in total. The SMILES string of the molecule is Cc1cc(OC(C)C)c(C(C)C)cc1C(=O)CN1CCNCC1. The van der Waals surface area contributed by atoms with Gasteiger partial charge in [0.1, 0.15) is 5.75 Å². The number of carbonyl (C=O) groups is 1. The highest BCUT2D eigenvalue weighted by Gasteiger charge is 2.19. The van der Waals surface area contributed by atoms with E-state index in [1.807, 2.05) is 32.9 Å². The molecule has 1 aliphatic heterocycles. The monoisotopic (exact) mass is 318 g/mol. The van der Waals surface area contributed by atoms with Crippen LogP contribution in [0.1, 0.15) is 55.1 Å². The predicted molar refractivity (Wildman–Crippen MR) is 94.7 cm³/mol. The van der Waals surface area contributed by atoms with Gasteiger partial charge >= 0.3 is 0 Å². The minimum Gasteiger partial charge on any atom is -0.491 e. The molecule has 1 aromatic rings. The molecule has 128 valence electrons. The summed E-state index contributed by atoms with van der Waals surface area (Å²) in [6.07, 6.45) is 0.134. The van der Waals surface area contributed by atoms with Gasteiger partial charge in [-0.05, 0) is 49.9 Å². The second-order valence-corrected chi connectivity index (χ2v) is 6.98. The maximum atomic E-state index is 12.7. The quantitative estimate of drug-likeness (QED) is 0.819. The van der Waals surface area contributed by atoms with Crippen LogP contribution >= 0.6 is 0 Å². The molecule has 0 radical (unpaired) electrons.